The van der Waals surface area contributed by atoms with E-state index in [9.17, 15) is 9.59 Å². The summed E-state index contributed by atoms with van der Waals surface area (Å²) >= 11 is 0. The van der Waals surface area contributed by atoms with E-state index < -0.39 is 6.09 Å². The summed E-state index contributed by atoms with van der Waals surface area (Å²) in [5.41, 5.74) is 1.23. The molecule has 1 unspecified atom stereocenters. The molecule has 0 aromatic heterocycles. The second-order valence-corrected chi connectivity index (χ2v) is 4.74. The van der Waals surface area contributed by atoms with Gasteiger partial charge in [0.2, 0.25) is 5.91 Å². The van der Waals surface area contributed by atoms with Crippen LogP contribution in [0.3, 0.4) is 0 Å². The molecular formula is C14H19N3O3. The molecule has 20 heavy (non-hydrogen) atoms. The third kappa shape index (κ3) is 4.24. The van der Waals surface area contributed by atoms with E-state index in [1.807, 2.05) is 0 Å². The molecule has 1 saturated heterocycles. The summed E-state index contributed by atoms with van der Waals surface area (Å²) < 4.78 is 4.52. The van der Waals surface area contributed by atoms with Crippen molar-refractivity contribution < 1.29 is 14.3 Å². The second kappa shape index (κ2) is 6.91. The highest BCUT2D eigenvalue weighted by molar-refractivity contribution is 5.92. The molecule has 0 spiro atoms. The monoisotopic (exact) mass is 277 g/mol. The van der Waals surface area contributed by atoms with Crippen LogP contribution in [0.1, 0.15) is 19.3 Å². The number of ether oxygens (including phenoxy) is 1. The summed E-state index contributed by atoms with van der Waals surface area (Å²) in [6.07, 6.45) is 2.09. The summed E-state index contributed by atoms with van der Waals surface area (Å²) in [5.74, 6) is -0.0281. The lowest BCUT2D eigenvalue weighted by molar-refractivity contribution is -0.116. The average Bonchev–Trinajstić information content (AvgIpc) is 2.91. The number of hydrogen-bond acceptors (Lipinski definition) is 4. The summed E-state index contributed by atoms with van der Waals surface area (Å²) in [7, 11) is 1.30. The van der Waals surface area contributed by atoms with E-state index >= 15 is 0 Å². The van der Waals surface area contributed by atoms with Crippen molar-refractivity contribution in [2.75, 3.05) is 24.3 Å². The van der Waals surface area contributed by atoms with Crippen LogP contribution in [-0.4, -0.2) is 31.7 Å². The molecule has 0 bridgehead atoms. The first-order chi connectivity index (χ1) is 9.67. The fraction of sp³-hybridized carbons (Fsp3) is 0.429. The van der Waals surface area contributed by atoms with E-state index in [1.54, 1.807) is 24.3 Å². The van der Waals surface area contributed by atoms with Gasteiger partial charge in [0.25, 0.3) is 0 Å². The van der Waals surface area contributed by atoms with Crippen molar-refractivity contribution in [2.24, 2.45) is 0 Å². The molecule has 6 nitrogen and oxygen atoms in total. The normalized spacial score (nSPS) is 17.6. The quantitative estimate of drug-likeness (QED) is 0.786. The maximum absolute atomic E-state index is 11.9. The molecule has 1 heterocycles. The number of carbonyl (C=O) groups is 2. The Morgan fingerprint density at radius 1 is 1.35 bits per heavy atom. The van der Waals surface area contributed by atoms with Crippen LogP contribution in [0.25, 0.3) is 0 Å². The molecule has 3 N–H and O–H groups in total. The number of nitrogens with one attached hydrogen (secondary N) is 3. The van der Waals surface area contributed by atoms with Gasteiger partial charge in [0.05, 0.1) is 7.11 Å². The average molecular weight is 277 g/mol. The van der Waals surface area contributed by atoms with Gasteiger partial charge in [-0.3, -0.25) is 10.1 Å². The van der Waals surface area contributed by atoms with Gasteiger partial charge >= 0.3 is 6.09 Å². The van der Waals surface area contributed by atoms with Crippen molar-refractivity contribution >= 4 is 23.4 Å². The molecule has 1 fully saturated rings. The van der Waals surface area contributed by atoms with Gasteiger partial charge < -0.3 is 15.4 Å². The molecule has 0 aliphatic carbocycles. The molecule has 0 radical (unpaired) electrons. The van der Waals surface area contributed by atoms with Crippen molar-refractivity contribution in [1.29, 1.82) is 0 Å². The number of amides is 2. The van der Waals surface area contributed by atoms with Crippen LogP contribution in [0.5, 0.6) is 0 Å². The molecule has 1 aliphatic rings. The van der Waals surface area contributed by atoms with E-state index in [0.717, 1.165) is 19.4 Å². The van der Waals surface area contributed by atoms with Gasteiger partial charge in [-0.25, -0.2) is 4.79 Å². The van der Waals surface area contributed by atoms with Crippen molar-refractivity contribution in [2.45, 2.75) is 25.3 Å². The van der Waals surface area contributed by atoms with Crippen LogP contribution in [0, 0.1) is 0 Å². The van der Waals surface area contributed by atoms with Crippen LogP contribution in [0.15, 0.2) is 24.3 Å². The Morgan fingerprint density at radius 3 is 2.75 bits per heavy atom. The number of anilines is 2. The molecule has 1 aliphatic heterocycles. The first-order valence-electron chi connectivity index (χ1n) is 6.65. The predicted molar refractivity (Wildman–Crippen MR) is 76.7 cm³/mol. The first kappa shape index (κ1) is 14.3. The Bertz CT molecular complexity index is 484. The van der Waals surface area contributed by atoms with Gasteiger partial charge in [-0.15, -0.1) is 0 Å². The lowest BCUT2D eigenvalue weighted by Gasteiger charge is -2.11. The van der Waals surface area contributed by atoms with Crippen LogP contribution in [0.2, 0.25) is 0 Å². The molecule has 1 atom stereocenters. The standard InChI is InChI=1S/C14H19N3O3/c1-20-14(19)17-12-5-2-4-11(8-12)16-13(18)9-10-6-3-7-15-10/h2,4-5,8,10,15H,3,6-7,9H2,1H3,(H,16,18)(H,17,19). The topological polar surface area (TPSA) is 79.5 Å². The fourth-order valence-electron chi connectivity index (χ4n) is 2.21. The predicted octanol–water partition coefficient (Wildman–Crippen LogP) is 1.95. The van der Waals surface area contributed by atoms with Gasteiger partial charge in [0.15, 0.2) is 0 Å². The lowest BCUT2D eigenvalue weighted by atomic mass is 10.1. The summed E-state index contributed by atoms with van der Waals surface area (Å²) in [5, 5.41) is 8.67. The molecule has 1 aromatic rings. The van der Waals surface area contributed by atoms with Crippen molar-refractivity contribution in [3.63, 3.8) is 0 Å². The van der Waals surface area contributed by atoms with Crippen LogP contribution >= 0.6 is 0 Å². The number of rotatable bonds is 4. The zero-order chi connectivity index (χ0) is 14.4. The van der Waals surface area contributed by atoms with Crippen LogP contribution < -0.4 is 16.0 Å². The van der Waals surface area contributed by atoms with E-state index in [4.69, 9.17) is 0 Å². The Kier molecular flexibility index (Phi) is 4.95. The number of benzene rings is 1. The van der Waals surface area contributed by atoms with Gasteiger partial charge in [-0.1, -0.05) is 6.07 Å². The van der Waals surface area contributed by atoms with E-state index in [-0.39, 0.29) is 11.9 Å². The second-order valence-electron chi connectivity index (χ2n) is 4.74. The summed E-state index contributed by atoms with van der Waals surface area (Å²) in [4.78, 5) is 23.0. The van der Waals surface area contributed by atoms with Gasteiger partial charge in [-0.05, 0) is 37.6 Å². The minimum Gasteiger partial charge on any atom is -0.453 e. The molecule has 2 amide bonds. The van der Waals surface area contributed by atoms with Crippen LogP contribution in [0.4, 0.5) is 16.2 Å². The number of hydrogen-bond donors (Lipinski definition) is 3. The number of methoxy groups -OCH3 is 1. The Labute approximate surface area is 117 Å². The SMILES string of the molecule is COC(=O)Nc1cccc(NC(=O)CC2CCCN2)c1. The third-order valence-electron chi connectivity index (χ3n) is 3.17. The maximum atomic E-state index is 11.9. The van der Waals surface area contributed by atoms with Crippen molar-refractivity contribution in [1.82, 2.24) is 5.32 Å². The van der Waals surface area contributed by atoms with Crippen molar-refractivity contribution in [3.8, 4) is 0 Å². The van der Waals surface area contributed by atoms with E-state index in [2.05, 4.69) is 20.7 Å². The van der Waals surface area contributed by atoms with Gasteiger partial charge in [0, 0.05) is 23.8 Å². The minimum atomic E-state index is -0.538. The molecular weight excluding hydrogens is 258 g/mol. The zero-order valence-electron chi connectivity index (χ0n) is 11.4. The summed E-state index contributed by atoms with van der Waals surface area (Å²) in [6.45, 7) is 0.983. The smallest absolute Gasteiger partial charge is 0.411 e. The Balaban J connectivity index is 1.89. The lowest BCUT2D eigenvalue weighted by Crippen LogP contribution is -2.27. The largest absolute Gasteiger partial charge is 0.453 e. The highest BCUT2D eigenvalue weighted by Crippen LogP contribution is 2.16. The molecule has 1 aromatic carbocycles. The van der Waals surface area contributed by atoms with Gasteiger partial charge in [-0.2, -0.15) is 0 Å². The molecule has 0 saturated carbocycles. The van der Waals surface area contributed by atoms with E-state index in [0.29, 0.717) is 17.8 Å². The van der Waals surface area contributed by atoms with E-state index in [1.165, 1.54) is 7.11 Å². The summed E-state index contributed by atoms with van der Waals surface area (Å²) in [6, 6.07) is 7.23. The molecule has 6 heteroatoms. The Morgan fingerprint density at radius 2 is 2.10 bits per heavy atom. The minimum absolute atomic E-state index is 0.0281. The van der Waals surface area contributed by atoms with Crippen LogP contribution in [-0.2, 0) is 9.53 Å². The number of carbonyl (C=O) groups excluding carboxylic acids is 2. The Hall–Kier alpha value is -2.08. The van der Waals surface area contributed by atoms with Crippen molar-refractivity contribution in [3.05, 3.63) is 24.3 Å². The highest BCUT2D eigenvalue weighted by Gasteiger charge is 2.17. The first-order valence-corrected chi connectivity index (χ1v) is 6.65. The zero-order valence-corrected chi connectivity index (χ0v) is 11.4. The fourth-order valence-corrected chi connectivity index (χ4v) is 2.21. The molecule has 108 valence electrons. The third-order valence-corrected chi connectivity index (χ3v) is 3.17. The van der Waals surface area contributed by atoms with Gasteiger partial charge in [0.1, 0.15) is 0 Å². The maximum Gasteiger partial charge on any atom is 0.411 e. The highest BCUT2D eigenvalue weighted by atomic mass is 16.5. The molecule has 2 rings (SSSR count).